The number of hydrogen-bond donors (Lipinski definition) is 1. The zero-order valence-electron chi connectivity index (χ0n) is 13.8. The van der Waals surface area contributed by atoms with Crippen molar-refractivity contribution in [2.45, 2.75) is 58.6 Å². The number of methoxy groups -OCH3 is 1. The Morgan fingerprint density at radius 3 is 2.67 bits per heavy atom. The summed E-state index contributed by atoms with van der Waals surface area (Å²) in [7, 11) is 1.72. The molecule has 0 saturated heterocycles. The summed E-state index contributed by atoms with van der Waals surface area (Å²) in [6, 6.07) is 6.72. The van der Waals surface area contributed by atoms with Crippen molar-refractivity contribution in [3.05, 3.63) is 23.8 Å². The maximum absolute atomic E-state index is 6.32. The Labute approximate surface area is 129 Å². The fourth-order valence-corrected chi connectivity index (χ4v) is 3.15. The van der Waals surface area contributed by atoms with Gasteiger partial charge >= 0.3 is 0 Å². The highest BCUT2D eigenvalue weighted by Crippen LogP contribution is 2.33. The van der Waals surface area contributed by atoms with Crippen LogP contribution in [0.1, 0.15) is 45.6 Å². The molecule has 0 amide bonds. The molecule has 1 saturated carbocycles. The molecule has 0 spiro atoms. The first-order valence-electron chi connectivity index (χ1n) is 8.24. The number of hydrogen-bond acceptors (Lipinski definition) is 3. The van der Waals surface area contributed by atoms with Crippen molar-refractivity contribution in [3.8, 4) is 11.5 Å². The molecule has 3 heteroatoms. The van der Waals surface area contributed by atoms with E-state index in [0.29, 0.717) is 6.04 Å². The highest BCUT2D eigenvalue weighted by molar-refractivity contribution is 5.43. The van der Waals surface area contributed by atoms with Gasteiger partial charge in [0.25, 0.3) is 0 Å². The molecule has 0 aliphatic heterocycles. The Balaban J connectivity index is 2.14. The summed E-state index contributed by atoms with van der Waals surface area (Å²) in [6.45, 7) is 7.62. The van der Waals surface area contributed by atoms with Gasteiger partial charge in [-0.2, -0.15) is 0 Å². The predicted molar refractivity (Wildman–Crippen MR) is 87.3 cm³/mol. The molecule has 3 unspecified atom stereocenters. The Morgan fingerprint density at radius 2 is 2.00 bits per heavy atom. The average molecular weight is 291 g/mol. The third kappa shape index (κ3) is 4.13. The van der Waals surface area contributed by atoms with E-state index in [4.69, 9.17) is 9.47 Å². The van der Waals surface area contributed by atoms with Crippen molar-refractivity contribution >= 4 is 0 Å². The highest BCUT2D eigenvalue weighted by Gasteiger charge is 2.30. The largest absolute Gasteiger partial charge is 0.493 e. The van der Waals surface area contributed by atoms with Crippen molar-refractivity contribution < 1.29 is 9.47 Å². The summed E-state index contributed by atoms with van der Waals surface area (Å²) < 4.78 is 11.8. The molecule has 1 aliphatic rings. The SMILES string of the molecule is CCNC1CCC(C)CC1Oc1ccc(CC)cc1OC. The fourth-order valence-electron chi connectivity index (χ4n) is 3.15. The van der Waals surface area contributed by atoms with Gasteiger partial charge in [-0.1, -0.05) is 26.8 Å². The lowest BCUT2D eigenvalue weighted by Crippen LogP contribution is -2.46. The Hall–Kier alpha value is -1.22. The Kier molecular flexibility index (Phi) is 5.92. The summed E-state index contributed by atoms with van der Waals surface area (Å²) in [4.78, 5) is 0. The number of likely N-dealkylation sites (N-methyl/N-ethyl adjacent to an activating group) is 1. The number of aryl methyl sites for hydroxylation is 1. The first-order valence-corrected chi connectivity index (χ1v) is 8.24. The third-order valence-corrected chi connectivity index (χ3v) is 4.43. The molecule has 0 bridgehead atoms. The van der Waals surface area contributed by atoms with Crippen molar-refractivity contribution in [3.63, 3.8) is 0 Å². The maximum atomic E-state index is 6.32. The van der Waals surface area contributed by atoms with Crippen molar-refractivity contribution in [1.82, 2.24) is 5.32 Å². The van der Waals surface area contributed by atoms with Crippen molar-refractivity contribution in [1.29, 1.82) is 0 Å². The van der Waals surface area contributed by atoms with Crippen LogP contribution in [0.4, 0.5) is 0 Å². The normalized spacial score (nSPS) is 25.6. The predicted octanol–water partition coefficient (Wildman–Crippen LogP) is 3.80. The average Bonchev–Trinajstić information content (AvgIpc) is 2.50. The molecule has 1 aromatic rings. The van der Waals surface area contributed by atoms with Crippen LogP contribution >= 0.6 is 0 Å². The van der Waals surface area contributed by atoms with Crippen molar-refractivity contribution in [2.75, 3.05) is 13.7 Å². The summed E-state index contributed by atoms with van der Waals surface area (Å²) in [5.41, 5.74) is 1.28. The number of benzene rings is 1. The summed E-state index contributed by atoms with van der Waals surface area (Å²) in [6.07, 6.45) is 4.82. The van der Waals surface area contributed by atoms with Crippen LogP contribution in [-0.2, 0) is 6.42 Å². The van der Waals surface area contributed by atoms with Crippen LogP contribution in [0.25, 0.3) is 0 Å². The van der Waals surface area contributed by atoms with Crippen LogP contribution in [-0.4, -0.2) is 25.8 Å². The standard InChI is InChI=1S/C18H29NO2/c1-5-14-8-10-16(18(12-14)20-4)21-17-11-13(3)7-9-15(17)19-6-2/h8,10,12-13,15,17,19H,5-7,9,11H2,1-4H3. The van der Waals surface area contributed by atoms with E-state index in [0.717, 1.165) is 36.8 Å². The molecule has 3 nitrogen and oxygen atoms in total. The van der Waals surface area contributed by atoms with E-state index in [-0.39, 0.29) is 6.10 Å². The van der Waals surface area contributed by atoms with Gasteiger partial charge in [-0.15, -0.1) is 0 Å². The maximum Gasteiger partial charge on any atom is 0.161 e. The number of nitrogens with one attached hydrogen (secondary N) is 1. The van der Waals surface area contributed by atoms with Gasteiger partial charge in [0.1, 0.15) is 6.10 Å². The lowest BCUT2D eigenvalue weighted by Gasteiger charge is -2.35. The van der Waals surface area contributed by atoms with Crippen LogP contribution in [0.5, 0.6) is 11.5 Å². The van der Waals surface area contributed by atoms with Gasteiger partial charge in [-0.25, -0.2) is 0 Å². The van der Waals surface area contributed by atoms with Gasteiger partial charge in [0.2, 0.25) is 0 Å². The number of ether oxygens (including phenoxy) is 2. The second-order valence-corrected chi connectivity index (χ2v) is 6.08. The zero-order valence-corrected chi connectivity index (χ0v) is 13.8. The topological polar surface area (TPSA) is 30.5 Å². The molecule has 1 aromatic carbocycles. The van der Waals surface area contributed by atoms with E-state index in [1.54, 1.807) is 7.11 Å². The molecule has 3 atom stereocenters. The van der Waals surface area contributed by atoms with E-state index >= 15 is 0 Å². The minimum absolute atomic E-state index is 0.232. The molecule has 1 fully saturated rings. The first kappa shape index (κ1) is 16.2. The first-order chi connectivity index (χ1) is 10.2. The Bertz CT molecular complexity index is 447. The quantitative estimate of drug-likeness (QED) is 0.864. The molecule has 0 radical (unpaired) electrons. The van der Waals surface area contributed by atoms with Gasteiger partial charge < -0.3 is 14.8 Å². The minimum Gasteiger partial charge on any atom is -0.493 e. The lowest BCUT2D eigenvalue weighted by atomic mass is 9.85. The molecule has 1 aliphatic carbocycles. The highest BCUT2D eigenvalue weighted by atomic mass is 16.5. The summed E-state index contributed by atoms with van der Waals surface area (Å²) in [5, 5.41) is 3.57. The van der Waals surface area contributed by atoms with Crippen molar-refractivity contribution in [2.24, 2.45) is 5.92 Å². The smallest absolute Gasteiger partial charge is 0.161 e. The van der Waals surface area contributed by atoms with Gasteiger partial charge in [0, 0.05) is 6.04 Å². The van der Waals surface area contributed by atoms with E-state index in [2.05, 4.69) is 44.3 Å². The van der Waals surface area contributed by atoms with E-state index in [1.165, 1.54) is 18.4 Å². The monoisotopic (exact) mass is 291 g/mol. The molecular weight excluding hydrogens is 262 g/mol. The molecule has 118 valence electrons. The third-order valence-electron chi connectivity index (χ3n) is 4.43. The molecule has 21 heavy (non-hydrogen) atoms. The minimum atomic E-state index is 0.232. The zero-order chi connectivity index (χ0) is 15.2. The molecule has 0 aromatic heterocycles. The summed E-state index contributed by atoms with van der Waals surface area (Å²) in [5.74, 6) is 2.45. The Morgan fingerprint density at radius 1 is 1.19 bits per heavy atom. The molecule has 2 rings (SSSR count). The molecule has 0 heterocycles. The fraction of sp³-hybridized carbons (Fsp3) is 0.667. The van der Waals surface area contributed by atoms with E-state index < -0.39 is 0 Å². The molecule has 1 N–H and O–H groups in total. The van der Waals surface area contributed by atoms with Gasteiger partial charge in [0.05, 0.1) is 7.11 Å². The second kappa shape index (κ2) is 7.69. The van der Waals surface area contributed by atoms with Gasteiger partial charge in [-0.3, -0.25) is 0 Å². The lowest BCUT2D eigenvalue weighted by molar-refractivity contribution is 0.0887. The van der Waals surface area contributed by atoms with Gasteiger partial charge in [0.15, 0.2) is 11.5 Å². The van der Waals surface area contributed by atoms with Gasteiger partial charge in [-0.05, 0) is 55.8 Å². The van der Waals surface area contributed by atoms with Crippen LogP contribution in [0, 0.1) is 5.92 Å². The van der Waals surface area contributed by atoms with E-state index in [1.807, 2.05) is 0 Å². The van der Waals surface area contributed by atoms with Crippen LogP contribution in [0.2, 0.25) is 0 Å². The van der Waals surface area contributed by atoms with Crippen LogP contribution in [0.3, 0.4) is 0 Å². The number of rotatable bonds is 6. The second-order valence-electron chi connectivity index (χ2n) is 6.08. The summed E-state index contributed by atoms with van der Waals surface area (Å²) >= 11 is 0. The van der Waals surface area contributed by atoms with E-state index in [9.17, 15) is 0 Å². The van der Waals surface area contributed by atoms with Crippen LogP contribution < -0.4 is 14.8 Å². The van der Waals surface area contributed by atoms with Crippen LogP contribution in [0.15, 0.2) is 18.2 Å². The molecular formula is C18H29NO2.